The van der Waals surface area contributed by atoms with Crippen molar-refractivity contribution < 1.29 is 0 Å². The molecule has 1 aromatic carbocycles. The lowest BCUT2D eigenvalue weighted by Gasteiger charge is -2.17. The topological polar surface area (TPSA) is 0 Å². The van der Waals surface area contributed by atoms with E-state index < -0.39 is 0 Å². The molecule has 0 aromatic heterocycles. The molecule has 0 aliphatic rings. The summed E-state index contributed by atoms with van der Waals surface area (Å²) in [5.41, 5.74) is 1.84. The first kappa shape index (κ1) is 10.6. The third-order valence-electron chi connectivity index (χ3n) is 2.10. The van der Waals surface area contributed by atoms with Crippen LogP contribution in [-0.2, 0) is 6.42 Å². The van der Waals surface area contributed by atoms with Crippen molar-refractivity contribution in [2.45, 2.75) is 38.5 Å². The van der Waals surface area contributed by atoms with E-state index >= 15 is 0 Å². The van der Waals surface area contributed by atoms with Crippen LogP contribution in [-0.4, -0.2) is 0 Å². The van der Waals surface area contributed by atoms with Crippen molar-refractivity contribution in [2.75, 3.05) is 0 Å². The minimum atomic E-state index is 0.430. The third-order valence-corrected chi connectivity index (χ3v) is 2.40. The van der Waals surface area contributed by atoms with Crippen LogP contribution >= 0.6 is 12.6 Å². The zero-order chi connectivity index (χ0) is 9.90. The van der Waals surface area contributed by atoms with E-state index in [1.165, 1.54) is 12.0 Å². The summed E-state index contributed by atoms with van der Waals surface area (Å²) in [6.45, 7) is 6.83. The average molecular weight is 194 g/mol. The van der Waals surface area contributed by atoms with E-state index in [9.17, 15) is 0 Å². The van der Waals surface area contributed by atoms with Crippen LogP contribution in [0.5, 0.6) is 0 Å². The molecule has 0 saturated heterocycles. The molecule has 0 amide bonds. The maximum Gasteiger partial charge on any atom is 0.00401 e. The van der Waals surface area contributed by atoms with Crippen molar-refractivity contribution in [3.05, 3.63) is 29.8 Å². The molecular formula is C12H18S. The highest BCUT2D eigenvalue weighted by Gasteiger charge is 2.09. The summed E-state index contributed by atoms with van der Waals surface area (Å²) in [6, 6.07) is 8.43. The van der Waals surface area contributed by atoms with Crippen molar-refractivity contribution >= 4 is 12.6 Å². The Hall–Kier alpha value is -0.430. The normalized spacial score (nSPS) is 11.7. The van der Waals surface area contributed by atoms with Crippen molar-refractivity contribution in [1.82, 2.24) is 0 Å². The third kappa shape index (κ3) is 4.37. The Morgan fingerprint density at radius 2 is 1.62 bits per heavy atom. The summed E-state index contributed by atoms with van der Waals surface area (Å²) in [6.07, 6.45) is 2.40. The lowest BCUT2D eigenvalue weighted by molar-refractivity contribution is 0.378. The fourth-order valence-electron chi connectivity index (χ4n) is 1.18. The molecule has 0 saturated carbocycles. The maximum absolute atomic E-state index is 4.26. The van der Waals surface area contributed by atoms with Gasteiger partial charge >= 0.3 is 0 Å². The Kier molecular flexibility index (Phi) is 3.43. The minimum absolute atomic E-state index is 0.430. The van der Waals surface area contributed by atoms with Crippen LogP contribution in [0.25, 0.3) is 0 Å². The monoisotopic (exact) mass is 194 g/mol. The minimum Gasteiger partial charge on any atom is -0.143 e. The van der Waals surface area contributed by atoms with E-state index in [-0.39, 0.29) is 0 Å². The van der Waals surface area contributed by atoms with Crippen LogP contribution in [0.2, 0.25) is 0 Å². The van der Waals surface area contributed by atoms with Crippen LogP contribution in [0, 0.1) is 5.41 Å². The molecule has 0 aliphatic heterocycles. The van der Waals surface area contributed by atoms with Crippen LogP contribution in [0.1, 0.15) is 32.8 Å². The van der Waals surface area contributed by atoms with Gasteiger partial charge in [-0.1, -0.05) is 32.9 Å². The molecule has 0 nitrogen and oxygen atoms in total. The molecule has 1 aromatic rings. The van der Waals surface area contributed by atoms with Gasteiger partial charge in [0.2, 0.25) is 0 Å². The van der Waals surface area contributed by atoms with Gasteiger partial charge in [-0.05, 0) is 36.0 Å². The van der Waals surface area contributed by atoms with E-state index in [1.807, 2.05) is 0 Å². The Labute approximate surface area is 86.8 Å². The quantitative estimate of drug-likeness (QED) is 0.677. The van der Waals surface area contributed by atoms with E-state index in [1.54, 1.807) is 0 Å². The van der Waals surface area contributed by atoms with Gasteiger partial charge in [0.15, 0.2) is 0 Å². The van der Waals surface area contributed by atoms with Crippen LogP contribution in [0.3, 0.4) is 0 Å². The Morgan fingerprint density at radius 1 is 1.08 bits per heavy atom. The molecule has 0 spiro atoms. The number of aryl methyl sites for hydroxylation is 1. The van der Waals surface area contributed by atoms with Gasteiger partial charge in [-0.3, -0.25) is 0 Å². The molecule has 1 rings (SSSR count). The maximum atomic E-state index is 4.26. The molecule has 0 bridgehead atoms. The van der Waals surface area contributed by atoms with E-state index in [0.29, 0.717) is 5.41 Å². The molecule has 72 valence electrons. The summed E-state index contributed by atoms with van der Waals surface area (Å²) in [4.78, 5) is 1.04. The number of thiol groups is 1. The zero-order valence-corrected chi connectivity index (χ0v) is 9.57. The Bertz CT molecular complexity index is 253. The molecule has 0 heterocycles. The van der Waals surface area contributed by atoms with Crippen LogP contribution in [0.15, 0.2) is 29.2 Å². The van der Waals surface area contributed by atoms with Gasteiger partial charge < -0.3 is 0 Å². The van der Waals surface area contributed by atoms with E-state index in [0.717, 1.165) is 11.3 Å². The van der Waals surface area contributed by atoms with Gasteiger partial charge in [0, 0.05) is 4.90 Å². The van der Waals surface area contributed by atoms with Gasteiger partial charge in [0.25, 0.3) is 0 Å². The van der Waals surface area contributed by atoms with Gasteiger partial charge in [-0.25, -0.2) is 0 Å². The molecule has 13 heavy (non-hydrogen) atoms. The van der Waals surface area contributed by atoms with Gasteiger partial charge in [-0.2, -0.15) is 0 Å². The molecule has 0 radical (unpaired) electrons. The summed E-state index contributed by atoms with van der Waals surface area (Å²) >= 11 is 4.26. The summed E-state index contributed by atoms with van der Waals surface area (Å²) in [5, 5.41) is 0. The second kappa shape index (κ2) is 4.19. The molecular weight excluding hydrogens is 176 g/mol. The zero-order valence-electron chi connectivity index (χ0n) is 8.67. The highest BCUT2D eigenvalue weighted by atomic mass is 32.1. The predicted octanol–water partition coefficient (Wildman–Crippen LogP) is 3.95. The smallest absolute Gasteiger partial charge is 0.00401 e. The number of rotatable bonds is 2. The lowest BCUT2D eigenvalue weighted by atomic mass is 9.89. The number of hydrogen-bond donors (Lipinski definition) is 1. The number of benzene rings is 1. The Morgan fingerprint density at radius 3 is 2.08 bits per heavy atom. The van der Waals surface area contributed by atoms with Gasteiger partial charge in [-0.15, -0.1) is 12.6 Å². The molecule has 0 aliphatic carbocycles. The standard InChI is InChI=1S/C12H18S/c1-12(2,3)9-8-10-4-6-11(13)7-5-10/h4-7,13H,8-9H2,1-3H3. The Balaban J connectivity index is 2.51. The molecule has 0 atom stereocenters. The van der Waals surface area contributed by atoms with Crippen LogP contribution in [0.4, 0.5) is 0 Å². The second-order valence-electron chi connectivity index (χ2n) is 4.73. The highest BCUT2D eigenvalue weighted by molar-refractivity contribution is 7.80. The van der Waals surface area contributed by atoms with Crippen LogP contribution < -0.4 is 0 Å². The average Bonchev–Trinajstić information content (AvgIpc) is 2.02. The van der Waals surface area contributed by atoms with Gasteiger partial charge in [0.05, 0.1) is 0 Å². The predicted molar refractivity (Wildman–Crippen MR) is 61.5 cm³/mol. The highest BCUT2D eigenvalue weighted by Crippen LogP contribution is 2.21. The molecule has 0 N–H and O–H groups in total. The summed E-state index contributed by atoms with van der Waals surface area (Å²) in [7, 11) is 0. The van der Waals surface area contributed by atoms with Crippen molar-refractivity contribution in [2.24, 2.45) is 5.41 Å². The van der Waals surface area contributed by atoms with E-state index in [4.69, 9.17) is 0 Å². The first-order valence-electron chi connectivity index (χ1n) is 4.75. The molecule has 0 fully saturated rings. The van der Waals surface area contributed by atoms with Crippen molar-refractivity contribution in [1.29, 1.82) is 0 Å². The van der Waals surface area contributed by atoms with E-state index in [2.05, 4.69) is 57.7 Å². The van der Waals surface area contributed by atoms with Crippen molar-refractivity contribution in [3.8, 4) is 0 Å². The summed E-state index contributed by atoms with van der Waals surface area (Å²) < 4.78 is 0. The fourth-order valence-corrected chi connectivity index (χ4v) is 1.33. The fraction of sp³-hybridized carbons (Fsp3) is 0.500. The van der Waals surface area contributed by atoms with Crippen molar-refractivity contribution in [3.63, 3.8) is 0 Å². The van der Waals surface area contributed by atoms with Gasteiger partial charge in [0.1, 0.15) is 0 Å². The second-order valence-corrected chi connectivity index (χ2v) is 5.24. The SMILES string of the molecule is CC(C)(C)CCc1ccc(S)cc1. The molecule has 0 unspecified atom stereocenters. The first-order valence-corrected chi connectivity index (χ1v) is 5.20. The first-order chi connectivity index (χ1) is 5.97. The molecule has 1 heteroatoms. The lowest BCUT2D eigenvalue weighted by Crippen LogP contribution is -2.06. The largest absolute Gasteiger partial charge is 0.143 e. The number of hydrogen-bond acceptors (Lipinski definition) is 1. The summed E-state index contributed by atoms with van der Waals surface area (Å²) in [5.74, 6) is 0.